The van der Waals surface area contributed by atoms with Gasteiger partial charge in [0.1, 0.15) is 40.1 Å². The summed E-state index contributed by atoms with van der Waals surface area (Å²) in [6.45, 7) is 7.17. The van der Waals surface area contributed by atoms with Gasteiger partial charge in [-0.25, -0.2) is 22.3 Å². The molecule has 5 aliphatic rings. The van der Waals surface area contributed by atoms with Gasteiger partial charge in [-0.3, -0.25) is 0 Å². The van der Waals surface area contributed by atoms with Crippen LogP contribution in [0.5, 0.6) is 17.6 Å². The molecule has 270 valence electrons. The number of rotatable bonds is 7. The number of aryl methyl sites for hydroxylation is 1. The van der Waals surface area contributed by atoms with Crippen molar-refractivity contribution in [3.05, 3.63) is 41.5 Å². The molecule has 4 fully saturated rings. The lowest BCUT2D eigenvalue weighted by molar-refractivity contribution is 0.154. The van der Waals surface area contributed by atoms with Crippen LogP contribution in [0.1, 0.15) is 45.1 Å². The summed E-state index contributed by atoms with van der Waals surface area (Å²) in [5, 5.41) is 15.9. The summed E-state index contributed by atoms with van der Waals surface area (Å²) in [5.74, 6) is 0.673. The molecular weight excluding hydrogens is 677 g/mol. The molecule has 2 bridgehead atoms. The quantitative estimate of drug-likeness (QED) is 0.268. The van der Waals surface area contributed by atoms with Crippen molar-refractivity contribution >= 4 is 37.2 Å². The Labute approximate surface area is 295 Å². The van der Waals surface area contributed by atoms with Gasteiger partial charge < -0.3 is 29.7 Å². The summed E-state index contributed by atoms with van der Waals surface area (Å²) in [5.41, 5.74) is 0.511. The van der Waals surface area contributed by atoms with Gasteiger partial charge in [-0.15, -0.1) is 0 Å². The van der Waals surface area contributed by atoms with E-state index in [1.807, 2.05) is 13.8 Å². The van der Waals surface area contributed by atoms with Gasteiger partial charge in [-0.2, -0.15) is 9.97 Å². The fourth-order valence-electron chi connectivity index (χ4n) is 8.88. The number of ether oxygens (including phenoxy) is 2. The number of hydrogen-bond donors (Lipinski definition) is 2. The minimum absolute atomic E-state index is 0.0126. The van der Waals surface area contributed by atoms with Crippen molar-refractivity contribution in [1.82, 2.24) is 25.2 Å². The van der Waals surface area contributed by atoms with Crippen LogP contribution in [0.15, 0.2) is 28.6 Å². The van der Waals surface area contributed by atoms with E-state index in [0.29, 0.717) is 58.6 Å². The van der Waals surface area contributed by atoms with Crippen LogP contribution in [0.2, 0.25) is 0 Å². The van der Waals surface area contributed by atoms with Gasteiger partial charge in [0, 0.05) is 77.5 Å². The van der Waals surface area contributed by atoms with E-state index in [2.05, 4.69) is 19.5 Å². The van der Waals surface area contributed by atoms with Crippen molar-refractivity contribution in [2.24, 2.45) is 9.78 Å². The van der Waals surface area contributed by atoms with Gasteiger partial charge in [0.2, 0.25) is 5.88 Å². The lowest BCUT2D eigenvalue weighted by Crippen LogP contribution is -2.62. The Morgan fingerprint density at radius 3 is 2.69 bits per heavy atom. The van der Waals surface area contributed by atoms with E-state index in [9.17, 15) is 9.32 Å². The average Bonchev–Trinajstić information content (AvgIpc) is 3.82. The maximum absolute atomic E-state index is 17.3. The number of aromatic nitrogens is 3. The SMILES string of the molecule is CCc1c(F)ccc2cc(O)cc(-c3nc4c5c(nc(OCC6(CN7CCS(=O)(=NC)CC7)CC6)nc5c3F)N3C[C@H]5CC[C@H](N5)[C@H]3[C@H](C)O4)c12. The molecule has 11 nitrogen and oxygen atoms in total. The monoisotopic (exact) mass is 719 g/mol. The third kappa shape index (κ3) is 5.56. The molecule has 14 heteroatoms. The second-order valence-electron chi connectivity index (χ2n) is 15.0. The Morgan fingerprint density at radius 2 is 1.94 bits per heavy atom. The van der Waals surface area contributed by atoms with Crippen molar-refractivity contribution in [1.29, 1.82) is 0 Å². The number of nitrogens with one attached hydrogen (secondary N) is 1. The topological polar surface area (TPSA) is 125 Å². The van der Waals surface area contributed by atoms with E-state index in [-0.39, 0.29) is 64.1 Å². The Hall–Kier alpha value is -3.88. The molecule has 4 atom stereocenters. The molecule has 6 heterocycles. The number of anilines is 1. The van der Waals surface area contributed by atoms with Crippen LogP contribution >= 0.6 is 0 Å². The van der Waals surface area contributed by atoms with E-state index in [1.165, 1.54) is 12.1 Å². The molecule has 1 aliphatic carbocycles. The van der Waals surface area contributed by atoms with Crippen LogP contribution in [0.4, 0.5) is 14.6 Å². The third-order valence-corrected chi connectivity index (χ3v) is 14.1. The van der Waals surface area contributed by atoms with E-state index < -0.39 is 21.4 Å². The molecule has 4 aromatic rings. The first kappa shape index (κ1) is 33.0. The van der Waals surface area contributed by atoms with Crippen molar-refractivity contribution in [3.63, 3.8) is 0 Å². The first-order valence-corrected chi connectivity index (χ1v) is 19.9. The smallest absolute Gasteiger partial charge is 0.319 e. The number of aromatic hydroxyl groups is 1. The summed E-state index contributed by atoms with van der Waals surface area (Å²) >= 11 is 0. The number of benzene rings is 2. The van der Waals surface area contributed by atoms with Crippen molar-refractivity contribution in [2.75, 3.05) is 56.2 Å². The molecule has 0 unspecified atom stereocenters. The minimum atomic E-state index is -2.11. The molecule has 0 radical (unpaired) electrons. The third-order valence-electron chi connectivity index (χ3n) is 11.8. The molecular formula is C37H43F2N7O4S. The first-order chi connectivity index (χ1) is 24.6. The van der Waals surface area contributed by atoms with Crippen LogP contribution in [-0.4, -0.2) is 105 Å². The number of pyridine rings is 1. The van der Waals surface area contributed by atoms with Gasteiger partial charge in [0.25, 0.3) is 0 Å². The Balaban J connectivity index is 1.16. The molecule has 1 saturated carbocycles. The fraction of sp³-hybridized carbons (Fsp3) is 0.541. The number of nitrogens with zero attached hydrogens (tertiary/aromatic N) is 6. The highest BCUT2D eigenvalue weighted by Gasteiger charge is 2.48. The highest BCUT2D eigenvalue weighted by molar-refractivity contribution is 7.93. The molecule has 2 aromatic heterocycles. The molecule has 2 N–H and O–H groups in total. The summed E-state index contributed by atoms with van der Waals surface area (Å²) in [6.07, 6.45) is 4.02. The zero-order chi connectivity index (χ0) is 35.2. The van der Waals surface area contributed by atoms with Crippen molar-refractivity contribution in [3.8, 4) is 28.9 Å². The lowest BCUT2D eigenvalue weighted by atomic mass is 9.94. The first-order valence-electron chi connectivity index (χ1n) is 18.1. The number of phenolic OH excluding ortho intramolecular Hbond substituents is 1. The van der Waals surface area contributed by atoms with E-state index in [0.717, 1.165) is 45.3 Å². The molecule has 0 spiro atoms. The van der Waals surface area contributed by atoms with E-state index in [1.54, 1.807) is 19.2 Å². The molecule has 0 amide bonds. The fourth-order valence-corrected chi connectivity index (χ4v) is 10.5. The maximum atomic E-state index is 17.3. The second-order valence-corrected chi connectivity index (χ2v) is 17.8. The summed E-state index contributed by atoms with van der Waals surface area (Å²) < 4.78 is 62.4. The summed E-state index contributed by atoms with van der Waals surface area (Å²) in [7, 11) is -0.462. The van der Waals surface area contributed by atoms with Gasteiger partial charge >= 0.3 is 6.01 Å². The van der Waals surface area contributed by atoms with Gasteiger partial charge in [0.05, 0.1) is 12.6 Å². The lowest BCUT2D eigenvalue weighted by Gasteiger charge is -2.42. The average molecular weight is 720 g/mol. The Bertz CT molecular complexity index is 2190. The van der Waals surface area contributed by atoms with E-state index in [4.69, 9.17) is 24.4 Å². The largest absolute Gasteiger partial charge is 0.508 e. The number of piperazine rings is 1. The van der Waals surface area contributed by atoms with Crippen LogP contribution in [0.25, 0.3) is 32.9 Å². The zero-order valence-electron chi connectivity index (χ0n) is 29.1. The molecule has 3 saturated heterocycles. The van der Waals surface area contributed by atoms with Crippen LogP contribution in [-0.2, 0) is 16.1 Å². The predicted octanol–water partition coefficient (Wildman–Crippen LogP) is 5.05. The molecule has 51 heavy (non-hydrogen) atoms. The zero-order valence-corrected chi connectivity index (χ0v) is 29.9. The van der Waals surface area contributed by atoms with Crippen molar-refractivity contribution in [2.45, 2.75) is 70.2 Å². The number of fused-ring (bicyclic) bond motifs is 6. The highest BCUT2D eigenvalue weighted by atomic mass is 32.2. The van der Waals surface area contributed by atoms with Crippen LogP contribution in [0.3, 0.4) is 0 Å². The van der Waals surface area contributed by atoms with Crippen molar-refractivity contribution < 1.29 is 27.6 Å². The number of phenols is 1. The minimum Gasteiger partial charge on any atom is -0.508 e. The Kier molecular flexibility index (Phi) is 7.82. The molecule has 9 rings (SSSR count). The summed E-state index contributed by atoms with van der Waals surface area (Å²) in [4.78, 5) is 19.1. The van der Waals surface area contributed by atoms with E-state index >= 15 is 8.78 Å². The molecule has 2 aromatic carbocycles. The number of hydrogen-bond acceptors (Lipinski definition) is 11. The predicted molar refractivity (Wildman–Crippen MR) is 192 cm³/mol. The normalized spacial score (nSPS) is 26.1. The second kappa shape index (κ2) is 12.1. The highest BCUT2D eigenvalue weighted by Crippen LogP contribution is 2.48. The van der Waals surface area contributed by atoms with Crippen LogP contribution < -0.4 is 19.7 Å². The Morgan fingerprint density at radius 1 is 1.14 bits per heavy atom. The van der Waals surface area contributed by atoms with Gasteiger partial charge in [-0.05, 0) is 73.6 Å². The summed E-state index contributed by atoms with van der Waals surface area (Å²) in [6, 6.07) is 6.35. The maximum Gasteiger partial charge on any atom is 0.319 e. The number of halogens is 2. The van der Waals surface area contributed by atoms with Gasteiger partial charge in [0.15, 0.2) is 5.82 Å². The molecule has 4 aliphatic heterocycles. The van der Waals surface area contributed by atoms with Crippen LogP contribution in [0, 0.1) is 17.0 Å². The standard InChI is InChI=1S/C37H43F2N7O4S/c1-4-24-26(38)7-5-21-15-23(47)16-25(28(21)24)31-30(39)32-29-34(46-17-22-6-8-27(41-22)33(46)20(2)50-35(29)42-31)44-36(43-32)49-19-37(9-10-37)18-45-11-13-51(48,40-3)14-12-45/h5,7,15-16,20,22,27,33,41,47H,4,6,8-14,17-19H2,1-3H3/t20-,22+,27-,33+/m0/s1. The van der Waals surface area contributed by atoms with Gasteiger partial charge in [-0.1, -0.05) is 13.0 Å².